The van der Waals surface area contributed by atoms with Gasteiger partial charge < -0.3 is 9.84 Å². The molecule has 1 aromatic rings. The molecule has 1 aliphatic heterocycles. The van der Waals surface area contributed by atoms with E-state index < -0.39 is 0 Å². The highest BCUT2D eigenvalue weighted by Gasteiger charge is 2.41. The second-order valence-electron chi connectivity index (χ2n) is 3.73. The average Bonchev–Trinajstić information content (AvgIpc) is 2.13. The molecule has 1 fully saturated rings. The summed E-state index contributed by atoms with van der Waals surface area (Å²) in [5.74, 6) is -0.204. The molecule has 1 heterocycles. The molecule has 0 atom stereocenters. The number of aliphatic hydroxyl groups is 1. The SMILES string of the molecule is OCCC1(c2ccccc2F)COC1. The van der Waals surface area contributed by atoms with Gasteiger partial charge in [0, 0.05) is 12.0 Å². The third kappa shape index (κ3) is 1.42. The van der Waals surface area contributed by atoms with Crippen LogP contribution in [0, 0.1) is 5.82 Å². The molecule has 0 unspecified atom stereocenters. The Labute approximate surface area is 82.3 Å². The Balaban J connectivity index is 2.32. The Hall–Kier alpha value is -0.930. The number of benzene rings is 1. The van der Waals surface area contributed by atoms with Crippen molar-refractivity contribution in [3.8, 4) is 0 Å². The molecule has 1 saturated heterocycles. The van der Waals surface area contributed by atoms with Crippen LogP contribution in [0.1, 0.15) is 12.0 Å². The average molecular weight is 196 g/mol. The molecule has 0 radical (unpaired) electrons. The standard InChI is InChI=1S/C11H13FO2/c12-10-4-2-1-3-9(10)11(5-6-13)7-14-8-11/h1-4,13H,5-8H2. The summed E-state index contributed by atoms with van der Waals surface area (Å²) in [6.45, 7) is 1.08. The summed E-state index contributed by atoms with van der Waals surface area (Å²) < 4.78 is 18.6. The van der Waals surface area contributed by atoms with Crippen LogP contribution in [0.25, 0.3) is 0 Å². The van der Waals surface area contributed by atoms with Crippen molar-refractivity contribution in [2.24, 2.45) is 0 Å². The number of aliphatic hydroxyl groups excluding tert-OH is 1. The largest absolute Gasteiger partial charge is 0.396 e. The van der Waals surface area contributed by atoms with Gasteiger partial charge >= 0.3 is 0 Å². The van der Waals surface area contributed by atoms with Crippen molar-refractivity contribution < 1.29 is 14.2 Å². The highest BCUT2D eigenvalue weighted by molar-refractivity contribution is 5.29. The summed E-state index contributed by atoms with van der Waals surface area (Å²) in [5.41, 5.74) is 0.375. The molecule has 3 heteroatoms. The summed E-state index contributed by atoms with van der Waals surface area (Å²) in [6, 6.07) is 6.71. The number of hydrogen-bond acceptors (Lipinski definition) is 2. The van der Waals surface area contributed by atoms with Crippen molar-refractivity contribution in [3.63, 3.8) is 0 Å². The monoisotopic (exact) mass is 196 g/mol. The smallest absolute Gasteiger partial charge is 0.127 e. The lowest BCUT2D eigenvalue weighted by molar-refractivity contribution is -0.0716. The molecule has 2 nitrogen and oxygen atoms in total. The number of rotatable bonds is 3. The summed E-state index contributed by atoms with van der Waals surface area (Å²) in [4.78, 5) is 0. The van der Waals surface area contributed by atoms with Gasteiger partial charge in [-0.3, -0.25) is 0 Å². The van der Waals surface area contributed by atoms with E-state index in [-0.39, 0.29) is 17.8 Å². The third-order valence-electron chi connectivity index (χ3n) is 2.79. The van der Waals surface area contributed by atoms with Gasteiger partial charge in [0.05, 0.1) is 13.2 Å². The zero-order valence-electron chi connectivity index (χ0n) is 7.87. The maximum atomic E-state index is 13.5. The first kappa shape index (κ1) is 9.62. The van der Waals surface area contributed by atoms with Crippen molar-refractivity contribution in [1.29, 1.82) is 0 Å². The Morgan fingerprint density at radius 1 is 1.36 bits per heavy atom. The molecule has 76 valence electrons. The van der Waals surface area contributed by atoms with E-state index in [4.69, 9.17) is 9.84 Å². The van der Waals surface area contributed by atoms with Crippen LogP contribution in [0.3, 0.4) is 0 Å². The van der Waals surface area contributed by atoms with Crippen LogP contribution < -0.4 is 0 Å². The molecule has 0 amide bonds. The zero-order valence-corrected chi connectivity index (χ0v) is 7.87. The fourth-order valence-electron chi connectivity index (χ4n) is 1.89. The van der Waals surface area contributed by atoms with Gasteiger partial charge in [0.15, 0.2) is 0 Å². The van der Waals surface area contributed by atoms with Crippen LogP contribution in [0.5, 0.6) is 0 Å². The van der Waals surface area contributed by atoms with Crippen molar-refractivity contribution in [3.05, 3.63) is 35.6 Å². The minimum atomic E-state index is -0.292. The second kappa shape index (κ2) is 3.67. The second-order valence-corrected chi connectivity index (χ2v) is 3.73. The molecular formula is C11H13FO2. The third-order valence-corrected chi connectivity index (χ3v) is 2.79. The normalized spacial score (nSPS) is 19.0. The van der Waals surface area contributed by atoms with E-state index >= 15 is 0 Å². The van der Waals surface area contributed by atoms with Gasteiger partial charge in [0.2, 0.25) is 0 Å². The topological polar surface area (TPSA) is 29.5 Å². The highest BCUT2D eigenvalue weighted by atomic mass is 19.1. The van der Waals surface area contributed by atoms with Crippen LogP contribution in [0.15, 0.2) is 24.3 Å². The van der Waals surface area contributed by atoms with Crippen molar-refractivity contribution in [2.75, 3.05) is 19.8 Å². The molecular weight excluding hydrogens is 183 g/mol. The predicted molar refractivity (Wildman–Crippen MR) is 50.6 cm³/mol. The van der Waals surface area contributed by atoms with E-state index in [0.29, 0.717) is 25.2 Å². The maximum absolute atomic E-state index is 13.5. The molecule has 0 saturated carbocycles. The number of hydrogen-bond donors (Lipinski definition) is 1. The van der Waals surface area contributed by atoms with Gasteiger partial charge in [-0.1, -0.05) is 18.2 Å². The minimum Gasteiger partial charge on any atom is -0.396 e. The fraction of sp³-hybridized carbons (Fsp3) is 0.455. The summed E-state index contributed by atoms with van der Waals surface area (Å²) in [6.07, 6.45) is 0.563. The number of ether oxygens (including phenoxy) is 1. The van der Waals surface area contributed by atoms with Crippen molar-refractivity contribution in [2.45, 2.75) is 11.8 Å². The van der Waals surface area contributed by atoms with E-state index in [2.05, 4.69) is 0 Å². The maximum Gasteiger partial charge on any atom is 0.127 e. The van der Waals surface area contributed by atoms with Gasteiger partial charge in [0.25, 0.3) is 0 Å². The first-order valence-corrected chi connectivity index (χ1v) is 4.72. The van der Waals surface area contributed by atoms with Crippen molar-refractivity contribution in [1.82, 2.24) is 0 Å². The minimum absolute atomic E-state index is 0.0672. The quantitative estimate of drug-likeness (QED) is 0.793. The van der Waals surface area contributed by atoms with Gasteiger partial charge in [-0.05, 0) is 18.1 Å². The molecule has 2 rings (SSSR count). The molecule has 1 aromatic carbocycles. The summed E-state index contributed by atoms with van der Waals surface area (Å²) in [5, 5.41) is 8.94. The molecule has 1 N–H and O–H groups in total. The summed E-state index contributed by atoms with van der Waals surface area (Å²) >= 11 is 0. The molecule has 0 bridgehead atoms. The van der Waals surface area contributed by atoms with Gasteiger partial charge in [-0.15, -0.1) is 0 Å². The van der Waals surface area contributed by atoms with Gasteiger partial charge in [-0.2, -0.15) is 0 Å². The van der Waals surface area contributed by atoms with Crippen LogP contribution in [-0.4, -0.2) is 24.9 Å². The fourth-order valence-corrected chi connectivity index (χ4v) is 1.89. The molecule has 0 spiro atoms. The molecule has 0 aliphatic carbocycles. The lowest BCUT2D eigenvalue weighted by atomic mass is 9.76. The Bertz CT molecular complexity index is 321. The van der Waals surface area contributed by atoms with Crippen LogP contribution in [0.2, 0.25) is 0 Å². The first-order chi connectivity index (χ1) is 6.78. The van der Waals surface area contributed by atoms with E-state index in [0.717, 1.165) is 0 Å². The first-order valence-electron chi connectivity index (χ1n) is 4.72. The van der Waals surface area contributed by atoms with Crippen molar-refractivity contribution >= 4 is 0 Å². The Morgan fingerprint density at radius 3 is 2.57 bits per heavy atom. The Kier molecular flexibility index (Phi) is 2.52. The van der Waals surface area contributed by atoms with Crippen LogP contribution in [-0.2, 0) is 10.2 Å². The van der Waals surface area contributed by atoms with E-state index in [9.17, 15) is 4.39 Å². The van der Waals surface area contributed by atoms with Crippen LogP contribution >= 0.6 is 0 Å². The van der Waals surface area contributed by atoms with Gasteiger partial charge in [-0.25, -0.2) is 4.39 Å². The number of halogens is 1. The van der Waals surface area contributed by atoms with Crippen LogP contribution in [0.4, 0.5) is 4.39 Å². The predicted octanol–water partition coefficient (Wildman–Crippen LogP) is 1.48. The summed E-state index contributed by atoms with van der Waals surface area (Å²) in [7, 11) is 0. The lowest BCUT2D eigenvalue weighted by Gasteiger charge is -2.41. The molecule has 14 heavy (non-hydrogen) atoms. The Morgan fingerprint density at radius 2 is 2.07 bits per heavy atom. The highest BCUT2D eigenvalue weighted by Crippen LogP contribution is 2.36. The molecule has 1 aliphatic rings. The zero-order chi connectivity index (χ0) is 10.0. The van der Waals surface area contributed by atoms with Gasteiger partial charge in [0.1, 0.15) is 5.82 Å². The van der Waals surface area contributed by atoms with E-state index in [1.165, 1.54) is 6.07 Å². The van der Waals surface area contributed by atoms with E-state index in [1.807, 2.05) is 6.07 Å². The molecule has 0 aromatic heterocycles. The lowest BCUT2D eigenvalue weighted by Crippen LogP contribution is -2.48. The van der Waals surface area contributed by atoms with E-state index in [1.54, 1.807) is 12.1 Å².